The van der Waals surface area contributed by atoms with Crippen LogP contribution in [0.3, 0.4) is 0 Å². The van der Waals surface area contributed by atoms with E-state index in [1.807, 2.05) is 54.7 Å². The van der Waals surface area contributed by atoms with Crippen LogP contribution in [0.5, 0.6) is 0 Å². The summed E-state index contributed by atoms with van der Waals surface area (Å²) in [5.74, 6) is 1.00. The van der Waals surface area contributed by atoms with E-state index in [9.17, 15) is 4.79 Å². The zero-order valence-corrected chi connectivity index (χ0v) is 15.9. The Bertz CT molecular complexity index is 946. The second-order valence-electron chi connectivity index (χ2n) is 6.90. The standard InChI is InChI=1S/C22H22ClN3O/c23-20-7-2-1-5-16(20)10-13-21(27)25-18-11-8-17(9-12-18)22-24-15-19-6-3-4-14-26(19)22/h1-2,5,7-9,11-12,15H,3-4,6,10,13-14H2,(H,25,27). The van der Waals surface area contributed by atoms with Crippen LogP contribution in [0.4, 0.5) is 5.69 Å². The minimum Gasteiger partial charge on any atom is -0.328 e. The topological polar surface area (TPSA) is 46.9 Å². The van der Waals surface area contributed by atoms with Gasteiger partial charge in [0.05, 0.1) is 0 Å². The minimum atomic E-state index is -0.0131. The molecule has 138 valence electrons. The van der Waals surface area contributed by atoms with Crippen LogP contribution in [0.1, 0.15) is 30.5 Å². The molecule has 0 aliphatic carbocycles. The zero-order chi connectivity index (χ0) is 18.6. The van der Waals surface area contributed by atoms with Crippen LogP contribution in [-0.4, -0.2) is 15.5 Å². The highest BCUT2D eigenvalue weighted by Crippen LogP contribution is 2.25. The summed E-state index contributed by atoms with van der Waals surface area (Å²) in [7, 11) is 0. The predicted octanol–water partition coefficient (Wildman–Crippen LogP) is 5.11. The van der Waals surface area contributed by atoms with Crippen LogP contribution < -0.4 is 5.32 Å². The number of amides is 1. The van der Waals surface area contributed by atoms with Gasteiger partial charge in [0, 0.05) is 41.1 Å². The third-order valence-electron chi connectivity index (χ3n) is 5.01. The molecule has 0 saturated heterocycles. The molecule has 0 radical (unpaired) electrons. The monoisotopic (exact) mass is 379 g/mol. The number of nitrogens with zero attached hydrogens (tertiary/aromatic N) is 2. The predicted molar refractivity (Wildman–Crippen MR) is 109 cm³/mol. The van der Waals surface area contributed by atoms with Gasteiger partial charge in [-0.15, -0.1) is 0 Å². The van der Waals surface area contributed by atoms with Crippen LogP contribution in [-0.2, 0) is 24.2 Å². The number of anilines is 1. The molecular formula is C22H22ClN3O. The van der Waals surface area contributed by atoms with E-state index in [-0.39, 0.29) is 5.91 Å². The average Bonchev–Trinajstić information content (AvgIpc) is 3.12. The Kier molecular flexibility index (Phi) is 5.26. The van der Waals surface area contributed by atoms with Crippen LogP contribution in [0.15, 0.2) is 54.7 Å². The highest BCUT2D eigenvalue weighted by atomic mass is 35.5. The number of hydrogen-bond donors (Lipinski definition) is 1. The van der Waals surface area contributed by atoms with Gasteiger partial charge in [-0.2, -0.15) is 0 Å². The maximum absolute atomic E-state index is 12.2. The Hall–Kier alpha value is -2.59. The summed E-state index contributed by atoms with van der Waals surface area (Å²) in [4.78, 5) is 16.8. The Labute approximate surface area is 164 Å². The fourth-order valence-electron chi connectivity index (χ4n) is 3.54. The highest BCUT2D eigenvalue weighted by molar-refractivity contribution is 6.31. The molecule has 1 amide bonds. The number of fused-ring (bicyclic) bond motifs is 1. The number of carbonyl (C=O) groups is 1. The minimum absolute atomic E-state index is 0.0131. The van der Waals surface area contributed by atoms with E-state index in [0.29, 0.717) is 17.9 Å². The first-order valence-corrected chi connectivity index (χ1v) is 9.76. The first-order chi connectivity index (χ1) is 13.2. The van der Waals surface area contributed by atoms with Crippen molar-refractivity contribution in [3.63, 3.8) is 0 Å². The number of carbonyl (C=O) groups excluding carboxylic acids is 1. The second-order valence-corrected chi connectivity index (χ2v) is 7.31. The first kappa shape index (κ1) is 17.8. The molecule has 1 aromatic heterocycles. The summed E-state index contributed by atoms with van der Waals surface area (Å²) in [6.45, 7) is 1.03. The third-order valence-corrected chi connectivity index (χ3v) is 5.38. The normalized spacial score (nSPS) is 13.2. The quantitative estimate of drug-likeness (QED) is 0.669. The second kappa shape index (κ2) is 7.97. The lowest BCUT2D eigenvalue weighted by molar-refractivity contribution is -0.116. The largest absolute Gasteiger partial charge is 0.328 e. The fourth-order valence-corrected chi connectivity index (χ4v) is 3.77. The summed E-state index contributed by atoms with van der Waals surface area (Å²) in [6, 6.07) is 15.6. The van der Waals surface area contributed by atoms with Crippen LogP contribution in [0.2, 0.25) is 5.02 Å². The summed E-state index contributed by atoms with van der Waals surface area (Å²) < 4.78 is 2.31. The summed E-state index contributed by atoms with van der Waals surface area (Å²) in [5, 5.41) is 3.66. The number of nitrogens with one attached hydrogen (secondary N) is 1. The number of rotatable bonds is 5. The molecule has 2 heterocycles. The molecule has 0 fully saturated rings. The molecule has 4 rings (SSSR count). The lowest BCUT2D eigenvalue weighted by atomic mass is 10.1. The summed E-state index contributed by atoms with van der Waals surface area (Å²) in [5.41, 5.74) is 4.19. The van der Waals surface area contributed by atoms with Gasteiger partial charge in [0.15, 0.2) is 0 Å². The Morgan fingerprint density at radius 1 is 1.11 bits per heavy atom. The number of imidazole rings is 1. The van der Waals surface area contributed by atoms with Gasteiger partial charge >= 0.3 is 0 Å². The number of benzene rings is 2. The fraction of sp³-hybridized carbons (Fsp3) is 0.273. The lowest BCUT2D eigenvalue weighted by Gasteiger charge is -2.16. The molecule has 27 heavy (non-hydrogen) atoms. The lowest BCUT2D eigenvalue weighted by Crippen LogP contribution is -2.12. The van der Waals surface area contributed by atoms with Gasteiger partial charge in [-0.1, -0.05) is 29.8 Å². The van der Waals surface area contributed by atoms with Crippen molar-refractivity contribution in [1.82, 2.24) is 9.55 Å². The van der Waals surface area contributed by atoms with E-state index >= 15 is 0 Å². The molecule has 0 bridgehead atoms. The van der Waals surface area contributed by atoms with E-state index in [4.69, 9.17) is 11.6 Å². The molecule has 1 aliphatic heterocycles. The molecule has 0 spiro atoms. The summed E-state index contributed by atoms with van der Waals surface area (Å²) in [6.07, 6.45) is 6.56. The van der Waals surface area contributed by atoms with Crippen LogP contribution >= 0.6 is 11.6 Å². The molecule has 1 aliphatic rings. The van der Waals surface area contributed by atoms with E-state index in [1.54, 1.807) is 0 Å². The molecule has 0 atom stereocenters. The van der Waals surface area contributed by atoms with Crippen LogP contribution in [0, 0.1) is 0 Å². The van der Waals surface area contributed by atoms with E-state index in [0.717, 1.165) is 35.6 Å². The number of halogens is 1. The van der Waals surface area contributed by atoms with Gasteiger partial charge in [-0.25, -0.2) is 4.98 Å². The SMILES string of the molecule is O=C(CCc1ccccc1Cl)Nc1ccc(-c2ncc3n2CCCC3)cc1. The smallest absolute Gasteiger partial charge is 0.224 e. The molecule has 5 heteroatoms. The van der Waals surface area contributed by atoms with Crippen molar-refractivity contribution >= 4 is 23.2 Å². The van der Waals surface area contributed by atoms with Gasteiger partial charge in [0.25, 0.3) is 0 Å². The number of aromatic nitrogens is 2. The Morgan fingerprint density at radius 2 is 1.93 bits per heavy atom. The Balaban J connectivity index is 1.38. The van der Waals surface area contributed by atoms with Crippen molar-refractivity contribution in [2.45, 2.75) is 38.6 Å². The van der Waals surface area contributed by atoms with E-state index < -0.39 is 0 Å². The van der Waals surface area contributed by atoms with Crippen molar-refractivity contribution in [3.8, 4) is 11.4 Å². The first-order valence-electron chi connectivity index (χ1n) is 9.39. The molecule has 1 N–H and O–H groups in total. The number of hydrogen-bond acceptors (Lipinski definition) is 2. The molecule has 0 saturated carbocycles. The van der Waals surface area contributed by atoms with Gasteiger partial charge in [0.2, 0.25) is 5.91 Å². The molecule has 3 aromatic rings. The zero-order valence-electron chi connectivity index (χ0n) is 15.1. The van der Waals surface area contributed by atoms with E-state index in [1.165, 1.54) is 18.5 Å². The van der Waals surface area contributed by atoms with Crippen molar-refractivity contribution in [2.24, 2.45) is 0 Å². The van der Waals surface area contributed by atoms with E-state index in [2.05, 4.69) is 14.9 Å². The maximum atomic E-state index is 12.2. The molecular weight excluding hydrogens is 358 g/mol. The highest BCUT2D eigenvalue weighted by Gasteiger charge is 2.15. The van der Waals surface area contributed by atoms with Gasteiger partial charge < -0.3 is 9.88 Å². The third kappa shape index (κ3) is 4.06. The van der Waals surface area contributed by atoms with Gasteiger partial charge in [0.1, 0.15) is 5.82 Å². The van der Waals surface area contributed by atoms with Gasteiger partial charge in [-0.05, 0) is 61.6 Å². The van der Waals surface area contributed by atoms with Crippen molar-refractivity contribution in [2.75, 3.05) is 5.32 Å². The maximum Gasteiger partial charge on any atom is 0.224 e. The molecule has 4 nitrogen and oxygen atoms in total. The molecule has 0 unspecified atom stereocenters. The average molecular weight is 380 g/mol. The van der Waals surface area contributed by atoms with Crippen molar-refractivity contribution in [1.29, 1.82) is 0 Å². The van der Waals surface area contributed by atoms with Crippen molar-refractivity contribution < 1.29 is 4.79 Å². The van der Waals surface area contributed by atoms with Crippen molar-refractivity contribution in [3.05, 3.63) is 71.0 Å². The number of aryl methyl sites for hydroxylation is 2. The Morgan fingerprint density at radius 3 is 2.74 bits per heavy atom. The van der Waals surface area contributed by atoms with Crippen LogP contribution in [0.25, 0.3) is 11.4 Å². The summed E-state index contributed by atoms with van der Waals surface area (Å²) >= 11 is 6.14. The van der Waals surface area contributed by atoms with Gasteiger partial charge in [-0.3, -0.25) is 4.79 Å². The molecule has 2 aromatic carbocycles.